The molecule has 0 radical (unpaired) electrons. The summed E-state index contributed by atoms with van der Waals surface area (Å²) < 4.78 is 6.08. The molecule has 0 aliphatic carbocycles. The molecule has 0 bridgehead atoms. The maximum absolute atomic E-state index is 11.7. The number of fused-ring (bicyclic) bond motifs is 1. The molecule has 11 heteroatoms. The van der Waals surface area contributed by atoms with Crippen molar-refractivity contribution >= 4 is 17.1 Å². The van der Waals surface area contributed by atoms with Gasteiger partial charge in [0.2, 0.25) is 5.88 Å². The molecule has 1 fully saturated rings. The average molecular weight is 312 g/mol. The summed E-state index contributed by atoms with van der Waals surface area (Å²) in [6.07, 6.45) is -2.86. The minimum atomic E-state index is -2.44. The van der Waals surface area contributed by atoms with Crippen molar-refractivity contribution in [3.8, 4) is 5.88 Å². The normalized spacial score (nSPS) is 31.7. The monoisotopic (exact) mass is 312 g/mol. The lowest BCUT2D eigenvalue weighted by molar-refractivity contribution is -0.194. The molecule has 0 saturated carbocycles. The summed E-state index contributed by atoms with van der Waals surface area (Å²) in [5, 5.41) is 48.3. The second-order valence-corrected chi connectivity index (χ2v) is 4.76. The zero-order valence-corrected chi connectivity index (χ0v) is 10.9. The van der Waals surface area contributed by atoms with Crippen molar-refractivity contribution in [1.82, 2.24) is 19.5 Å². The molecule has 1 saturated heterocycles. The Labute approximate surface area is 122 Å². The van der Waals surface area contributed by atoms with E-state index in [-0.39, 0.29) is 11.2 Å². The minimum absolute atomic E-state index is 0.0964. The molecule has 22 heavy (non-hydrogen) atoms. The van der Waals surface area contributed by atoms with E-state index in [9.17, 15) is 25.2 Å². The molecule has 4 atom stereocenters. The van der Waals surface area contributed by atoms with E-state index in [1.54, 1.807) is 0 Å². The van der Waals surface area contributed by atoms with Crippen LogP contribution in [0.1, 0.15) is 0 Å². The number of nitrogens with zero attached hydrogens (tertiary/aromatic N) is 4. The number of rotatable bonds is 3. The highest BCUT2D eigenvalue weighted by Gasteiger charge is 2.61. The Bertz CT molecular complexity index is 734. The van der Waals surface area contributed by atoms with Crippen LogP contribution in [0.15, 0.2) is 12.7 Å². The Hall–Kier alpha value is -2.34. The first kappa shape index (κ1) is 14.6. The number of aliphatic carboxylic acids is 1. The van der Waals surface area contributed by atoms with Gasteiger partial charge in [0, 0.05) is 0 Å². The molecule has 0 aromatic carbocycles. The highest BCUT2D eigenvalue weighted by molar-refractivity contribution is 5.82. The van der Waals surface area contributed by atoms with E-state index in [1.165, 1.54) is 0 Å². The third-order valence-electron chi connectivity index (χ3n) is 3.59. The molecular formula is C11H12N4O7. The summed E-state index contributed by atoms with van der Waals surface area (Å²) in [4.78, 5) is 22.8. The predicted molar refractivity (Wildman–Crippen MR) is 66.6 cm³/mol. The number of imidazole rings is 1. The van der Waals surface area contributed by atoms with Gasteiger partial charge in [0.25, 0.3) is 5.72 Å². The third kappa shape index (κ3) is 1.70. The van der Waals surface area contributed by atoms with Crippen LogP contribution in [-0.2, 0) is 15.3 Å². The van der Waals surface area contributed by atoms with Gasteiger partial charge in [0.15, 0.2) is 11.2 Å². The van der Waals surface area contributed by atoms with Crippen molar-refractivity contribution in [3.63, 3.8) is 0 Å². The van der Waals surface area contributed by atoms with Crippen molar-refractivity contribution < 1.29 is 35.1 Å². The number of hydrogen-bond donors (Lipinski definition) is 5. The lowest BCUT2D eigenvalue weighted by atomic mass is 10.0. The van der Waals surface area contributed by atoms with Gasteiger partial charge in [-0.2, -0.15) is 4.98 Å². The summed E-state index contributed by atoms with van der Waals surface area (Å²) in [5.41, 5.74) is -2.65. The standard InChI is InChI=1S/C11H12N4O7/c16-1-4-6(17)7(18)11(22-4,10(20)21)15-3-14-5-8(15)12-2-13-9(5)19/h2-4,6-7,16-18H,1H2,(H,20,21)(H,12,13,19)/t4-,6-,7-,11+/m1/s1. The molecular weight excluding hydrogens is 300 g/mol. The number of carboxylic acid groups (broad SMARTS) is 1. The number of hydrogen-bond acceptors (Lipinski definition) is 9. The van der Waals surface area contributed by atoms with E-state index in [2.05, 4.69) is 15.0 Å². The second kappa shape index (κ2) is 4.84. The van der Waals surface area contributed by atoms with Crippen molar-refractivity contribution in [3.05, 3.63) is 12.7 Å². The largest absolute Gasteiger partial charge is 0.492 e. The number of carbonyl (C=O) groups is 1. The van der Waals surface area contributed by atoms with Gasteiger partial charge in [-0.1, -0.05) is 0 Å². The fraction of sp³-hybridized carbons (Fsp3) is 0.455. The van der Waals surface area contributed by atoms with Crippen molar-refractivity contribution in [1.29, 1.82) is 0 Å². The average Bonchev–Trinajstić information content (AvgIpc) is 3.02. The van der Waals surface area contributed by atoms with Crippen LogP contribution in [-0.4, -0.2) is 75.9 Å². The Kier molecular flexibility index (Phi) is 3.21. The second-order valence-electron chi connectivity index (χ2n) is 4.76. The Balaban J connectivity index is 2.24. The molecule has 3 rings (SSSR count). The summed E-state index contributed by atoms with van der Waals surface area (Å²) in [6.45, 7) is -0.694. The van der Waals surface area contributed by atoms with Crippen LogP contribution in [0.2, 0.25) is 0 Å². The van der Waals surface area contributed by atoms with E-state index in [0.29, 0.717) is 0 Å². The topological polar surface area (TPSA) is 171 Å². The van der Waals surface area contributed by atoms with Crippen molar-refractivity contribution in [2.45, 2.75) is 24.0 Å². The SMILES string of the molecule is O=C(O)[C@@]1(n2cnc3c(O)ncnc32)O[C@H](CO)[C@@H](O)[C@H]1O. The zero-order chi connectivity index (χ0) is 16.1. The fourth-order valence-corrected chi connectivity index (χ4v) is 2.50. The van der Waals surface area contributed by atoms with Gasteiger partial charge >= 0.3 is 5.97 Å². The molecule has 118 valence electrons. The third-order valence-corrected chi connectivity index (χ3v) is 3.59. The number of ether oxygens (including phenoxy) is 1. The summed E-state index contributed by atoms with van der Waals surface area (Å²) >= 11 is 0. The quantitative estimate of drug-likeness (QED) is 0.404. The lowest BCUT2D eigenvalue weighted by Gasteiger charge is -2.28. The molecule has 11 nitrogen and oxygen atoms in total. The first-order chi connectivity index (χ1) is 10.4. The molecule has 2 aromatic heterocycles. The summed E-state index contributed by atoms with van der Waals surface area (Å²) in [6, 6.07) is 0. The number of aliphatic hydroxyl groups is 3. The number of aromatic hydroxyl groups is 1. The van der Waals surface area contributed by atoms with Gasteiger partial charge in [-0.25, -0.2) is 14.8 Å². The van der Waals surface area contributed by atoms with Crippen LogP contribution in [0.25, 0.3) is 11.2 Å². The van der Waals surface area contributed by atoms with Crippen LogP contribution in [0.3, 0.4) is 0 Å². The highest BCUT2D eigenvalue weighted by Crippen LogP contribution is 2.38. The number of aliphatic hydroxyl groups excluding tert-OH is 3. The maximum atomic E-state index is 11.7. The van der Waals surface area contributed by atoms with Crippen LogP contribution >= 0.6 is 0 Å². The smallest absolute Gasteiger partial charge is 0.361 e. The molecule has 1 aliphatic rings. The Morgan fingerprint density at radius 2 is 2.09 bits per heavy atom. The summed E-state index contributed by atoms with van der Waals surface area (Å²) in [7, 11) is 0. The molecule has 5 N–H and O–H groups in total. The van der Waals surface area contributed by atoms with E-state index < -0.39 is 42.5 Å². The zero-order valence-electron chi connectivity index (χ0n) is 10.9. The van der Waals surface area contributed by atoms with E-state index in [1.807, 2.05) is 0 Å². The molecule has 3 heterocycles. The lowest BCUT2D eigenvalue weighted by Crippen LogP contribution is -2.51. The first-order valence-electron chi connectivity index (χ1n) is 6.19. The van der Waals surface area contributed by atoms with Gasteiger partial charge in [-0.15, -0.1) is 0 Å². The van der Waals surface area contributed by atoms with Crippen molar-refractivity contribution in [2.24, 2.45) is 0 Å². The van der Waals surface area contributed by atoms with E-state index in [0.717, 1.165) is 17.2 Å². The number of aromatic nitrogens is 4. The van der Waals surface area contributed by atoms with Gasteiger partial charge in [-0.05, 0) is 0 Å². The van der Waals surface area contributed by atoms with Gasteiger partial charge in [0.05, 0.1) is 6.61 Å². The van der Waals surface area contributed by atoms with E-state index in [4.69, 9.17) is 9.84 Å². The van der Waals surface area contributed by atoms with Crippen LogP contribution in [0.5, 0.6) is 5.88 Å². The molecule has 0 unspecified atom stereocenters. The van der Waals surface area contributed by atoms with E-state index >= 15 is 0 Å². The molecule has 2 aromatic rings. The molecule has 0 spiro atoms. The van der Waals surface area contributed by atoms with Gasteiger partial charge < -0.3 is 30.3 Å². The summed E-state index contributed by atoms with van der Waals surface area (Å²) in [5.74, 6) is -2.09. The molecule has 1 aliphatic heterocycles. The van der Waals surface area contributed by atoms with Gasteiger partial charge in [0.1, 0.15) is 31.0 Å². The van der Waals surface area contributed by atoms with Crippen molar-refractivity contribution in [2.75, 3.05) is 6.61 Å². The van der Waals surface area contributed by atoms with Crippen LogP contribution < -0.4 is 0 Å². The first-order valence-corrected chi connectivity index (χ1v) is 6.19. The maximum Gasteiger partial charge on any atom is 0.361 e. The Morgan fingerprint density at radius 1 is 1.36 bits per heavy atom. The van der Waals surface area contributed by atoms with Gasteiger partial charge in [-0.3, -0.25) is 4.57 Å². The van der Waals surface area contributed by atoms with Crippen LogP contribution in [0.4, 0.5) is 0 Å². The van der Waals surface area contributed by atoms with Crippen LogP contribution in [0, 0.1) is 0 Å². The fourth-order valence-electron chi connectivity index (χ4n) is 2.50. The number of carboxylic acids is 1. The predicted octanol–water partition coefficient (Wildman–Crippen LogP) is -2.62. The molecule has 0 amide bonds. The minimum Gasteiger partial charge on any atom is -0.492 e. The Morgan fingerprint density at radius 3 is 2.68 bits per heavy atom. The highest BCUT2D eigenvalue weighted by atomic mass is 16.6.